The number of methoxy groups -OCH3 is 3. The number of hydrogen-bond donors (Lipinski definition) is 1. The molecule has 0 saturated carbocycles. The Labute approximate surface area is 209 Å². The number of amides is 1. The lowest BCUT2D eigenvalue weighted by Gasteiger charge is -2.21. The second-order valence-electron chi connectivity index (χ2n) is 8.00. The Morgan fingerprint density at radius 1 is 0.778 bits per heavy atom. The molecule has 0 saturated heterocycles. The SMILES string of the molecule is COc1cc(OC)cc(C(=O)N[C@@H](C(=O)OCc2cccc3ccccc23)c2ccccc2OC)c1. The predicted octanol–water partition coefficient (Wildman–Crippen LogP) is 5.08. The van der Waals surface area contributed by atoms with Crippen molar-refractivity contribution >= 4 is 22.6 Å². The van der Waals surface area contributed by atoms with Crippen molar-refractivity contribution in [3.05, 3.63) is 102 Å². The molecule has 0 unspecified atom stereocenters. The van der Waals surface area contributed by atoms with Gasteiger partial charge in [0.2, 0.25) is 0 Å². The van der Waals surface area contributed by atoms with E-state index in [1.165, 1.54) is 21.3 Å². The lowest BCUT2D eigenvalue weighted by Crippen LogP contribution is -2.35. The Hall–Kier alpha value is -4.52. The van der Waals surface area contributed by atoms with Gasteiger partial charge in [-0.05, 0) is 34.5 Å². The van der Waals surface area contributed by atoms with Crippen LogP contribution >= 0.6 is 0 Å². The first-order valence-corrected chi connectivity index (χ1v) is 11.3. The second kappa shape index (κ2) is 11.3. The quantitative estimate of drug-likeness (QED) is 0.333. The Morgan fingerprint density at radius 3 is 2.17 bits per heavy atom. The molecule has 4 aromatic rings. The zero-order valence-corrected chi connectivity index (χ0v) is 20.3. The van der Waals surface area contributed by atoms with Crippen molar-refractivity contribution in [1.29, 1.82) is 0 Å². The average Bonchev–Trinajstić information content (AvgIpc) is 2.94. The van der Waals surface area contributed by atoms with Crippen LogP contribution in [0.3, 0.4) is 0 Å². The van der Waals surface area contributed by atoms with Gasteiger partial charge in [0.15, 0.2) is 6.04 Å². The monoisotopic (exact) mass is 485 g/mol. The Morgan fingerprint density at radius 2 is 1.44 bits per heavy atom. The van der Waals surface area contributed by atoms with E-state index in [1.807, 2.05) is 42.5 Å². The predicted molar refractivity (Wildman–Crippen MR) is 136 cm³/mol. The van der Waals surface area contributed by atoms with Crippen LogP contribution in [0.5, 0.6) is 17.2 Å². The van der Waals surface area contributed by atoms with E-state index in [4.69, 9.17) is 18.9 Å². The van der Waals surface area contributed by atoms with E-state index >= 15 is 0 Å². The molecule has 0 aromatic heterocycles. The molecular weight excluding hydrogens is 458 g/mol. The van der Waals surface area contributed by atoms with Crippen molar-refractivity contribution in [3.8, 4) is 17.2 Å². The van der Waals surface area contributed by atoms with Crippen molar-refractivity contribution in [2.45, 2.75) is 12.6 Å². The normalized spacial score (nSPS) is 11.4. The molecule has 0 bridgehead atoms. The highest BCUT2D eigenvalue weighted by Crippen LogP contribution is 2.28. The number of carbonyl (C=O) groups excluding carboxylic acids is 2. The highest BCUT2D eigenvalue weighted by molar-refractivity contribution is 5.98. The molecule has 0 aliphatic carbocycles. The number of para-hydroxylation sites is 1. The number of carbonyl (C=O) groups is 2. The largest absolute Gasteiger partial charge is 0.497 e. The van der Waals surface area contributed by atoms with E-state index in [0.717, 1.165) is 16.3 Å². The number of esters is 1. The van der Waals surface area contributed by atoms with Gasteiger partial charge in [0, 0.05) is 17.2 Å². The maximum Gasteiger partial charge on any atom is 0.333 e. The molecule has 4 rings (SSSR count). The smallest absolute Gasteiger partial charge is 0.333 e. The van der Waals surface area contributed by atoms with Crippen LogP contribution in [0.25, 0.3) is 10.8 Å². The van der Waals surface area contributed by atoms with Crippen LogP contribution in [0.1, 0.15) is 27.5 Å². The fraction of sp³-hybridized carbons (Fsp3) is 0.172. The third-order valence-electron chi connectivity index (χ3n) is 5.82. The molecule has 1 amide bonds. The third-order valence-corrected chi connectivity index (χ3v) is 5.82. The molecule has 0 heterocycles. The molecule has 0 radical (unpaired) electrons. The molecule has 7 heteroatoms. The van der Waals surface area contributed by atoms with E-state index in [9.17, 15) is 9.59 Å². The van der Waals surface area contributed by atoms with Gasteiger partial charge >= 0.3 is 5.97 Å². The number of benzene rings is 4. The molecule has 36 heavy (non-hydrogen) atoms. The summed E-state index contributed by atoms with van der Waals surface area (Å²) in [5.41, 5.74) is 1.61. The molecule has 184 valence electrons. The van der Waals surface area contributed by atoms with Crippen LogP contribution in [-0.4, -0.2) is 33.2 Å². The van der Waals surface area contributed by atoms with Crippen LogP contribution in [0.4, 0.5) is 0 Å². The number of ether oxygens (including phenoxy) is 4. The number of hydrogen-bond acceptors (Lipinski definition) is 6. The third kappa shape index (κ3) is 5.41. The van der Waals surface area contributed by atoms with Crippen LogP contribution in [-0.2, 0) is 16.1 Å². The minimum Gasteiger partial charge on any atom is -0.497 e. The first-order valence-electron chi connectivity index (χ1n) is 11.3. The fourth-order valence-corrected chi connectivity index (χ4v) is 3.97. The summed E-state index contributed by atoms with van der Waals surface area (Å²) in [4.78, 5) is 26.6. The summed E-state index contributed by atoms with van der Waals surface area (Å²) in [6.07, 6.45) is 0. The summed E-state index contributed by atoms with van der Waals surface area (Å²) >= 11 is 0. The van der Waals surface area contributed by atoms with E-state index in [2.05, 4.69) is 5.32 Å². The molecule has 1 N–H and O–H groups in total. The van der Waals surface area contributed by atoms with Gasteiger partial charge in [-0.3, -0.25) is 4.79 Å². The summed E-state index contributed by atoms with van der Waals surface area (Å²) < 4.78 is 21.7. The highest BCUT2D eigenvalue weighted by atomic mass is 16.5. The van der Waals surface area contributed by atoms with Gasteiger partial charge in [0.05, 0.1) is 21.3 Å². The fourth-order valence-electron chi connectivity index (χ4n) is 3.97. The summed E-state index contributed by atoms with van der Waals surface area (Å²) in [6, 6.07) is 24.4. The highest BCUT2D eigenvalue weighted by Gasteiger charge is 2.28. The molecule has 0 fully saturated rings. The van der Waals surface area contributed by atoms with Gasteiger partial charge in [-0.15, -0.1) is 0 Å². The van der Waals surface area contributed by atoms with Gasteiger partial charge in [-0.25, -0.2) is 4.79 Å². The van der Waals surface area contributed by atoms with Gasteiger partial charge in [0.25, 0.3) is 5.91 Å². The number of fused-ring (bicyclic) bond motifs is 1. The first-order chi connectivity index (χ1) is 17.5. The van der Waals surface area contributed by atoms with Crippen molar-refractivity contribution < 1.29 is 28.5 Å². The molecular formula is C29H27NO6. The molecule has 0 aliphatic heterocycles. The maximum absolute atomic E-state index is 13.4. The minimum atomic E-state index is -1.11. The first kappa shape index (κ1) is 24.6. The lowest BCUT2D eigenvalue weighted by atomic mass is 10.0. The molecule has 0 aliphatic rings. The van der Waals surface area contributed by atoms with Crippen molar-refractivity contribution in [2.24, 2.45) is 0 Å². The Kier molecular flexibility index (Phi) is 7.70. The van der Waals surface area contributed by atoms with Crippen molar-refractivity contribution in [2.75, 3.05) is 21.3 Å². The van der Waals surface area contributed by atoms with Crippen LogP contribution < -0.4 is 19.5 Å². The lowest BCUT2D eigenvalue weighted by molar-refractivity contribution is -0.147. The Balaban J connectivity index is 1.62. The minimum absolute atomic E-state index is 0.0503. The number of rotatable bonds is 9. The molecule has 7 nitrogen and oxygen atoms in total. The molecule has 0 spiro atoms. The van der Waals surface area contributed by atoms with Crippen molar-refractivity contribution in [1.82, 2.24) is 5.32 Å². The van der Waals surface area contributed by atoms with Gasteiger partial charge in [-0.1, -0.05) is 60.7 Å². The van der Waals surface area contributed by atoms with E-state index in [0.29, 0.717) is 22.8 Å². The Bertz CT molecular complexity index is 1360. The maximum atomic E-state index is 13.4. The van der Waals surface area contributed by atoms with E-state index < -0.39 is 17.9 Å². The number of nitrogens with one attached hydrogen (secondary N) is 1. The van der Waals surface area contributed by atoms with Gasteiger partial charge in [-0.2, -0.15) is 0 Å². The zero-order chi connectivity index (χ0) is 25.5. The summed E-state index contributed by atoms with van der Waals surface area (Å²) in [7, 11) is 4.50. The second-order valence-corrected chi connectivity index (χ2v) is 8.00. The molecule has 4 aromatic carbocycles. The standard InChI is InChI=1S/C29H27NO6/c1-33-22-15-21(16-23(17-22)34-2)28(31)30-27(25-13-6-7-14-26(25)35-3)29(32)36-18-20-11-8-10-19-9-4-5-12-24(19)20/h4-17,27H,18H2,1-3H3,(H,30,31)/t27-/m1/s1. The van der Waals surface area contributed by atoms with Crippen molar-refractivity contribution in [3.63, 3.8) is 0 Å². The van der Waals surface area contributed by atoms with Crippen LogP contribution in [0.2, 0.25) is 0 Å². The zero-order valence-electron chi connectivity index (χ0n) is 20.3. The summed E-state index contributed by atoms with van der Waals surface area (Å²) in [5.74, 6) is 0.243. The van der Waals surface area contributed by atoms with Gasteiger partial charge < -0.3 is 24.3 Å². The van der Waals surface area contributed by atoms with E-state index in [1.54, 1.807) is 42.5 Å². The van der Waals surface area contributed by atoms with Crippen LogP contribution in [0, 0.1) is 0 Å². The van der Waals surface area contributed by atoms with Crippen LogP contribution in [0.15, 0.2) is 84.9 Å². The summed E-state index contributed by atoms with van der Waals surface area (Å²) in [6.45, 7) is 0.0503. The van der Waals surface area contributed by atoms with E-state index in [-0.39, 0.29) is 12.2 Å². The topological polar surface area (TPSA) is 83.1 Å². The van der Waals surface area contributed by atoms with Gasteiger partial charge in [0.1, 0.15) is 23.9 Å². The molecule has 1 atom stereocenters. The summed E-state index contributed by atoms with van der Waals surface area (Å²) in [5, 5.41) is 4.84. The average molecular weight is 486 g/mol.